The normalized spacial score (nSPS) is 14.3. The standard InChI is InChI=1S/C15H22O2/c1-3-4-8-14(11-12(2)16)15(17)13-9-6-5-7-10-13/h5-7,9-10,12,14,16H,3-4,8,11H2,1-2H3. The Morgan fingerprint density at radius 1 is 1.29 bits per heavy atom. The van der Waals surface area contributed by atoms with Crippen molar-refractivity contribution in [3.05, 3.63) is 35.9 Å². The highest BCUT2D eigenvalue weighted by atomic mass is 16.3. The van der Waals surface area contributed by atoms with Crippen LogP contribution in [0.15, 0.2) is 30.3 Å². The summed E-state index contributed by atoms with van der Waals surface area (Å²) >= 11 is 0. The minimum atomic E-state index is -0.412. The predicted octanol–water partition coefficient (Wildman–Crippen LogP) is 3.45. The predicted molar refractivity (Wildman–Crippen MR) is 70.1 cm³/mol. The molecule has 0 saturated carbocycles. The zero-order valence-electron chi connectivity index (χ0n) is 10.7. The number of carbonyl (C=O) groups excluding carboxylic acids is 1. The van der Waals surface area contributed by atoms with Crippen LogP contribution in [-0.2, 0) is 0 Å². The highest BCUT2D eigenvalue weighted by molar-refractivity contribution is 5.97. The van der Waals surface area contributed by atoms with Crippen LogP contribution in [0.25, 0.3) is 0 Å². The van der Waals surface area contributed by atoms with Gasteiger partial charge in [-0.1, -0.05) is 50.1 Å². The van der Waals surface area contributed by atoms with Crippen molar-refractivity contribution in [2.75, 3.05) is 0 Å². The van der Waals surface area contributed by atoms with Gasteiger partial charge in [0, 0.05) is 11.5 Å². The molecule has 0 amide bonds. The summed E-state index contributed by atoms with van der Waals surface area (Å²) in [5.41, 5.74) is 0.759. The summed E-state index contributed by atoms with van der Waals surface area (Å²) in [7, 11) is 0. The van der Waals surface area contributed by atoms with Gasteiger partial charge in [-0.15, -0.1) is 0 Å². The number of rotatable bonds is 7. The van der Waals surface area contributed by atoms with Gasteiger partial charge in [0.2, 0.25) is 0 Å². The maximum Gasteiger partial charge on any atom is 0.166 e. The SMILES string of the molecule is CCCCC(CC(C)O)C(=O)c1ccccc1. The molecule has 0 spiro atoms. The third-order valence-electron chi connectivity index (χ3n) is 2.96. The number of ketones is 1. The number of hydrogen-bond donors (Lipinski definition) is 1. The quantitative estimate of drug-likeness (QED) is 0.734. The molecule has 0 saturated heterocycles. The van der Waals surface area contributed by atoms with Gasteiger partial charge in [-0.3, -0.25) is 4.79 Å². The summed E-state index contributed by atoms with van der Waals surface area (Å²) in [6.45, 7) is 3.86. The average Bonchev–Trinajstić information content (AvgIpc) is 2.34. The number of aliphatic hydroxyl groups excluding tert-OH is 1. The van der Waals surface area contributed by atoms with Crippen LogP contribution in [0.3, 0.4) is 0 Å². The number of aliphatic hydroxyl groups is 1. The summed E-state index contributed by atoms with van der Waals surface area (Å²) in [6.07, 6.45) is 3.14. The van der Waals surface area contributed by atoms with Crippen LogP contribution in [0, 0.1) is 5.92 Å². The molecule has 0 radical (unpaired) electrons. The lowest BCUT2D eigenvalue weighted by Crippen LogP contribution is -2.19. The molecule has 2 nitrogen and oxygen atoms in total. The van der Waals surface area contributed by atoms with E-state index in [0.717, 1.165) is 24.8 Å². The second kappa shape index (κ2) is 7.23. The van der Waals surface area contributed by atoms with Gasteiger partial charge in [-0.2, -0.15) is 0 Å². The van der Waals surface area contributed by atoms with Crippen molar-refractivity contribution in [1.82, 2.24) is 0 Å². The van der Waals surface area contributed by atoms with Gasteiger partial charge in [-0.05, 0) is 19.8 Å². The summed E-state index contributed by atoms with van der Waals surface area (Å²) in [4.78, 5) is 12.3. The van der Waals surface area contributed by atoms with Crippen molar-refractivity contribution in [1.29, 1.82) is 0 Å². The molecular weight excluding hydrogens is 212 g/mol. The fraction of sp³-hybridized carbons (Fsp3) is 0.533. The van der Waals surface area contributed by atoms with Gasteiger partial charge in [0.25, 0.3) is 0 Å². The zero-order valence-corrected chi connectivity index (χ0v) is 10.7. The topological polar surface area (TPSA) is 37.3 Å². The Hall–Kier alpha value is -1.15. The Kier molecular flexibility index (Phi) is 5.92. The first kappa shape index (κ1) is 13.9. The molecule has 0 bridgehead atoms. The Morgan fingerprint density at radius 3 is 2.47 bits per heavy atom. The average molecular weight is 234 g/mol. The molecule has 1 aromatic carbocycles. The number of carbonyl (C=O) groups is 1. The monoisotopic (exact) mass is 234 g/mol. The molecule has 2 unspecified atom stereocenters. The van der Waals surface area contributed by atoms with Gasteiger partial charge in [0.1, 0.15) is 0 Å². The van der Waals surface area contributed by atoms with E-state index in [1.165, 1.54) is 0 Å². The maximum absolute atomic E-state index is 12.3. The Bertz CT molecular complexity index is 330. The molecule has 2 atom stereocenters. The summed E-state index contributed by atoms with van der Waals surface area (Å²) < 4.78 is 0. The zero-order chi connectivity index (χ0) is 12.7. The van der Waals surface area contributed by atoms with Gasteiger partial charge in [0.15, 0.2) is 5.78 Å². The van der Waals surface area contributed by atoms with Crippen molar-refractivity contribution in [2.24, 2.45) is 5.92 Å². The first-order valence-electron chi connectivity index (χ1n) is 6.42. The number of Topliss-reactive ketones (excluding diaryl/α,β-unsaturated/α-hetero) is 1. The van der Waals surface area contributed by atoms with E-state index in [9.17, 15) is 9.90 Å². The van der Waals surface area contributed by atoms with Crippen molar-refractivity contribution in [3.63, 3.8) is 0 Å². The Morgan fingerprint density at radius 2 is 1.94 bits per heavy atom. The van der Waals surface area contributed by atoms with Crippen molar-refractivity contribution < 1.29 is 9.90 Å². The second-order valence-corrected chi connectivity index (χ2v) is 4.65. The second-order valence-electron chi connectivity index (χ2n) is 4.65. The van der Waals surface area contributed by atoms with Crippen LogP contribution in [0.2, 0.25) is 0 Å². The Labute approximate surface area is 104 Å². The van der Waals surface area contributed by atoms with Crippen LogP contribution >= 0.6 is 0 Å². The molecule has 1 N–H and O–H groups in total. The van der Waals surface area contributed by atoms with Gasteiger partial charge >= 0.3 is 0 Å². The van der Waals surface area contributed by atoms with E-state index in [2.05, 4.69) is 6.92 Å². The fourth-order valence-electron chi connectivity index (χ4n) is 2.06. The molecule has 2 heteroatoms. The van der Waals surface area contributed by atoms with Crippen molar-refractivity contribution in [2.45, 2.75) is 45.6 Å². The lowest BCUT2D eigenvalue weighted by atomic mass is 9.88. The molecule has 1 aromatic rings. The summed E-state index contributed by atoms with van der Waals surface area (Å²) in [6, 6.07) is 9.37. The molecule has 0 aliphatic heterocycles. The maximum atomic E-state index is 12.3. The Balaban J connectivity index is 2.71. The lowest BCUT2D eigenvalue weighted by molar-refractivity contribution is 0.0838. The molecule has 17 heavy (non-hydrogen) atoms. The van der Waals surface area contributed by atoms with E-state index >= 15 is 0 Å². The number of hydrogen-bond acceptors (Lipinski definition) is 2. The highest BCUT2D eigenvalue weighted by Crippen LogP contribution is 2.20. The molecule has 0 fully saturated rings. The smallest absolute Gasteiger partial charge is 0.166 e. The molecule has 0 aliphatic rings. The lowest BCUT2D eigenvalue weighted by Gasteiger charge is -2.17. The molecule has 1 rings (SSSR count). The van der Waals surface area contributed by atoms with Crippen molar-refractivity contribution in [3.8, 4) is 0 Å². The number of benzene rings is 1. The van der Waals surface area contributed by atoms with Gasteiger partial charge in [-0.25, -0.2) is 0 Å². The van der Waals surface area contributed by atoms with Crippen LogP contribution < -0.4 is 0 Å². The van der Waals surface area contributed by atoms with Crippen LogP contribution in [0.5, 0.6) is 0 Å². The third-order valence-corrected chi connectivity index (χ3v) is 2.96. The molecule has 94 valence electrons. The first-order chi connectivity index (χ1) is 8.15. The van der Waals surface area contributed by atoms with E-state index in [1.807, 2.05) is 30.3 Å². The van der Waals surface area contributed by atoms with Gasteiger partial charge < -0.3 is 5.11 Å². The van der Waals surface area contributed by atoms with Crippen molar-refractivity contribution >= 4 is 5.78 Å². The van der Waals surface area contributed by atoms with Gasteiger partial charge in [0.05, 0.1) is 6.10 Å². The molecule has 0 aromatic heterocycles. The highest BCUT2D eigenvalue weighted by Gasteiger charge is 2.20. The third kappa shape index (κ3) is 4.70. The van der Waals surface area contributed by atoms with Crippen LogP contribution in [0.1, 0.15) is 49.9 Å². The van der Waals surface area contributed by atoms with E-state index in [0.29, 0.717) is 6.42 Å². The first-order valence-corrected chi connectivity index (χ1v) is 6.42. The van der Waals surface area contributed by atoms with E-state index < -0.39 is 6.10 Å². The minimum absolute atomic E-state index is 0.0441. The van der Waals surface area contributed by atoms with E-state index in [-0.39, 0.29) is 11.7 Å². The van der Waals surface area contributed by atoms with E-state index in [1.54, 1.807) is 6.92 Å². The number of unbranched alkanes of at least 4 members (excludes halogenated alkanes) is 1. The molecule has 0 heterocycles. The summed E-state index contributed by atoms with van der Waals surface area (Å²) in [5.74, 6) is 0.123. The summed E-state index contributed by atoms with van der Waals surface area (Å²) in [5, 5.41) is 9.47. The largest absolute Gasteiger partial charge is 0.393 e. The molecule has 0 aliphatic carbocycles. The van der Waals surface area contributed by atoms with E-state index in [4.69, 9.17) is 0 Å². The minimum Gasteiger partial charge on any atom is -0.393 e. The fourth-order valence-corrected chi connectivity index (χ4v) is 2.06. The van der Waals surface area contributed by atoms with Crippen LogP contribution in [0.4, 0.5) is 0 Å². The van der Waals surface area contributed by atoms with Crippen LogP contribution in [-0.4, -0.2) is 17.0 Å². The molecular formula is C15H22O2.